The Morgan fingerprint density at radius 1 is 1.43 bits per heavy atom. The summed E-state index contributed by atoms with van der Waals surface area (Å²) in [5.41, 5.74) is 7.92. The van der Waals surface area contributed by atoms with Gasteiger partial charge in [0.1, 0.15) is 0 Å². The molecule has 0 radical (unpaired) electrons. The molecule has 2 rings (SSSR count). The Morgan fingerprint density at radius 2 is 2.19 bits per heavy atom. The van der Waals surface area contributed by atoms with Crippen LogP contribution in [0.3, 0.4) is 0 Å². The van der Waals surface area contributed by atoms with Gasteiger partial charge >= 0.3 is 0 Å². The number of rotatable bonds is 3. The summed E-state index contributed by atoms with van der Waals surface area (Å²) in [5, 5.41) is 3.07. The molecule has 0 bridgehead atoms. The van der Waals surface area contributed by atoms with Crippen molar-refractivity contribution in [3.63, 3.8) is 0 Å². The van der Waals surface area contributed by atoms with E-state index in [4.69, 9.17) is 5.73 Å². The summed E-state index contributed by atoms with van der Waals surface area (Å²) in [4.78, 5) is 12.3. The first-order valence-electron chi connectivity index (χ1n) is 7.37. The van der Waals surface area contributed by atoms with Crippen LogP contribution < -0.4 is 11.1 Å². The maximum absolute atomic E-state index is 12.3. The number of carbonyl (C=O) groups is 1. The molecule has 1 fully saturated rings. The van der Waals surface area contributed by atoms with Crippen LogP contribution in [-0.4, -0.2) is 30.5 Å². The van der Waals surface area contributed by atoms with Crippen molar-refractivity contribution in [2.75, 3.05) is 24.6 Å². The number of carbonyl (C=O) groups excluding carboxylic acids is 1. The van der Waals surface area contributed by atoms with Crippen LogP contribution >= 0.6 is 11.8 Å². The van der Waals surface area contributed by atoms with Crippen molar-refractivity contribution in [2.45, 2.75) is 19.8 Å². The van der Waals surface area contributed by atoms with Crippen LogP contribution in [-0.2, 0) is 0 Å². The summed E-state index contributed by atoms with van der Waals surface area (Å²) in [7, 11) is 0. The van der Waals surface area contributed by atoms with Crippen LogP contribution in [0.15, 0.2) is 18.2 Å². The van der Waals surface area contributed by atoms with Gasteiger partial charge in [-0.3, -0.25) is 4.79 Å². The van der Waals surface area contributed by atoms with Crippen LogP contribution in [0, 0.1) is 24.7 Å². The Bertz CT molecular complexity index is 554. The summed E-state index contributed by atoms with van der Waals surface area (Å²) < 4.78 is 0. The van der Waals surface area contributed by atoms with Crippen LogP contribution in [0.2, 0.25) is 0 Å². The number of thioether (sulfide) groups is 1. The van der Waals surface area contributed by atoms with E-state index in [1.807, 2.05) is 36.9 Å². The van der Waals surface area contributed by atoms with Gasteiger partial charge in [0.25, 0.3) is 5.91 Å². The van der Waals surface area contributed by atoms with Gasteiger partial charge in [-0.1, -0.05) is 17.9 Å². The summed E-state index contributed by atoms with van der Waals surface area (Å²) in [5.74, 6) is 8.90. The van der Waals surface area contributed by atoms with Crippen molar-refractivity contribution in [2.24, 2.45) is 11.7 Å². The van der Waals surface area contributed by atoms with E-state index in [-0.39, 0.29) is 5.91 Å². The van der Waals surface area contributed by atoms with Gasteiger partial charge in [0.05, 0.1) is 6.54 Å². The molecule has 21 heavy (non-hydrogen) atoms. The van der Waals surface area contributed by atoms with Crippen molar-refractivity contribution in [3.8, 4) is 11.8 Å². The minimum absolute atomic E-state index is 0.00197. The highest BCUT2D eigenvalue weighted by Gasteiger charge is 2.16. The molecule has 0 saturated carbocycles. The standard InChI is InChI=1S/C17H22N2OS/c1-13-15(5-3-9-18)4-2-6-16(13)17(20)19-12-14-7-10-21-11-8-14/h2,4,6,14H,7-12,18H2,1H3,(H,19,20). The lowest BCUT2D eigenvalue weighted by Gasteiger charge is -2.21. The SMILES string of the molecule is Cc1c(C#CCN)cccc1C(=O)NCC1CCSCC1. The van der Waals surface area contributed by atoms with E-state index in [2.05, 4.69) is 17.2 Å². The summed E-state index contributed by atoms with van der Waals surface area (Å²) >= 11 is 2.00. The molecule has 3 nitrogen and oxygen atoms in total. The molecule has 1 aliphatic heterocycles. The number of hydrogen-bond acceptors (Lipinski definition) is 3. The monoisotopic (exact) mass is 302 g/mol. The van der Waals surface area contributed by atoms with Gasteiger partial charge in [-0.15, -0.1) is 0 Å². The maximum Gasteiger partial charge on any atom is 0.251 e. The van der Waals surface area contributed by atoms with E-state index in [0.717, 1.165) is 17.7 Å². The van der Waals surface area contributed by atoms with Gasteiger partial charge in [-0.05, 0) is 54.9 Å². The van der Waals surface area contributed by atoms with Gasteiger partial charge < -0.3 is 11.1 Å². The van der Waals surface area contributed by atoms with Crippen molar-refractivity contribution in [1.29, 1.82) is 0 Å². The van der Waals surface area contributed by atoms with Crippen LogP contribution in [0.4, 0.5) is 0 Å². The largest absolute Gasteiger partial charge is 0.352 e. The van der Waals surface area contributed by atoms with Crippen molar-refractivity contribution in [3.05, 3.63) is 34.9 Å². The number of hydrogen-bond donors (Lipinski definition) is 2. The van der Waals surface area contributed by atoms with Crippen LogP contribution in [0.5, 0.6) is 0 Å². The molecule has 0 atom stereocenters. The first-order chi connectivity index (χ1) is 10.2. The lowest BCUT2D eigenvalue weighted by Crippen LogP contribution is -2.31. The Labute approximate surface area is 131 Å². The molecule has 0 aliphatic carbocycles. The average Bonchev–Trinajstić information content (AvgIpc) is 2.52. The zero-order valence-corrected chi connectivity index (χ0v) is 13.3. The van der Waals surface area contributed by atoms with Gasteiger partial charge in [-0.25, -0.2) is 0 Å². The van der Waals surface area contributed by atoms with Crippen LogP contribution in [0.1, 0.15) is 34.3 Å². The van der Waals surface area contributed by atoms with Crippen molar-refractivity contribution < 1.29 is 4.79 Å². The molecule has 1 aliphatic rings. The van der Waals surface area contributed by atoms with E-state index >= 15 is 0 Å². The van der Waals surface area contributed by atoms with Gasteiger partial charge in [0.2, 0.25) is 0 Å². The smallest absolute Gasteiger partial charge is 0.251 e. The molecule has 0 spiro atoms. The zero-order valence-electron chi connectivity index (χ0n) is 12.4. The molecule has 4 heteroatoms. The fourth-order valence-corrected chi connectivity index (χ4v) is 3.65. The van der Waals surface area contributed by atoms with E-state index < -0.39 is 0 Å². The molecular weight excluding hydrogens is 280 g/mol. The number of amides is 1. The lowest BCUT2D eigenvalue weighted by atomic mass is 10.0. The van der Waals surface area contributed by atoms with Gasteiger partial charge in [-0.2, -0.15) is 11.8 Å². The van der Waals surface area contributed by atoms with Crippen molar-refractivity contribution >= 4 is 17.7 Å². The molecule has 3 N–H and O–H groups in total. The third kappa shape index (κ3) is 4.52. The van der Waals surface area contributed by atoms with E-state index in [1.54, 1.807) is 0 Å². The third-order valence-electron chi connectivity index (χ3n) is 3.80. The van der Waals surface area contributed by atoms with Gasteiger partial charge in [0.15, 0.2) is 0 Å². The predicted molar refractivity (Wildman–Crippen MR) is 89.5 cm³/mol. The Balaban J connectivity index is 2.01. The number of nitrogens with one attached hydrogen (secondary N) is 1. The molecule has 1 heterocycles. The third-order valence-corrected chi connectivity index (χ3v) is 4.84. The van der Waals surface area contributed by atoms with E-state index in [1.165, 1.54) is 24.3 Å². The van der Waals surface area contributed by atoms with Crippen LogP contribution in [0.25, 0.3) is 0 Å². The molecule has 0 aromatic heterocycles. The van der Waals surface area contributed by atoms with E-state index in [9.17, 15) is 4.79 Å². The first kappa shape index (κ1) is 15.9. The number of benzene rings is 1. The minimum Gasteiger partial charge on any atom is -0.352 e. The summed E-state index contributed by atoms with van der Waals surface area (Å²) in [6.07, 6.45) is 2.40. The molecule has 112 valence electrons. The normalized spacial score (nSPS) is 15.1. The minimum atomic E-state index is 0.00197. The highest BCUT2D eigenvalue weighted by molar-refractivity contribution is 7.99. The topological polar surface area (TPSA) is 55.1 Å². The molecule has 1 amide bonds. The predicted octanol–water partition coefficient (Wildman–Crippen LogP) is 2.18. The molecule has 1 saturated heterocycles. The maximum atomic E-state index is 12.3. The fourth-order valence-electron chi connectivity index (χ4n) is 2.45. The molecule has 0 unspecified atom stereocenters. The summed E-state index contributed by atoms with van der Waals surface area (Å²) in [6.45, 7) is 3.04. The second-order valence-electron chi connectivity index (χ2n) is 5.25. The second-order valence-corrected chi connectivity index (χ2v) is 6.47. The zero-order chi connectivity index (χ0) is 15.1. The van der Waals surface area contributed by atoms with E-state index in [0.29, 0.717) is 18.0 Å². The Morgan fingerprint density at radius 3 is 2.90 bits per heavy atom. The fraction of sp³-hybridized carbons (Fsp3) is 0.471. The molecule has 1 aromatic carbocycles. The summed E-state index contributed by atoms with van der Waals surface area (Å²) in [6, 6.07) is 5.65. The Kier molecular flexibility index (Phi) is 6.16. The quantitative estimate of drug-likeness (QED) is 0.842. The van der Waals surface area contributed by atoms with Crippen molar-refractivity contribution in [1.82, 2.24) is 5.32 Å². The molecular formula is C17H22N2OS. The Hall–Kier alpha value is -1.44. The first-order valence-corrected chi connectivity index (χ1v) is 8.52. The lowest BCUT2D eigenvalue weighted by molar-refractivity contribution is 0.0945. The van der Waals surface area contributed by atoms with Gasteiger partial charge in [0, 0.05) is 17.7 Å². The average molecular weight is 302 g/mol. The molecule has 1 aromatic rings. The second kappa shape index (κ2) is 8.11. The highest BCUT2D eigenvalue weighted by atomic mass is 32.2. The highest BCUT2D eigenvalue weighted by Crippen LogP contribution is 2.22. The number of nitrogens with two attached hydrogens (primary N) is 1.